The summed E-state index contributed by atoms with van der Waals surface area (Å²) in [6.07, 6.45) is 7.16. The highest BCUT2D eigenvalue weighted by molar-refractivity contribution is 7.91. The lowest BCUT2D eigenvalue weighted by atomic mass is 9.85. The maximum absolute atomic E-state index is 13.2. The lowest BCUT2D eigenvalue weighted by Gasteiger charge is -2.23. The molecule has 0 radical (unpaired) electrons. The fourth-order valence-electron chi connectivity index (χ4n) is 5.37. The number of halogens is 2. The van der Waals surface area contributed by atoms with Crippen molar-refractivity contribution in [2.24, 2.45) is 5.92 Å². The zero-order valence-electron chi connectivity index (χ0n) is 23.3. The Labute approximate surface area is 251 Å². The van der Waals surface area contributed by atoms with Crippen molar-refractivity contribution in [3.8, 4) is 10.4 Å². The number of carbonyl (C=O) groups excluding carboxylic acids is 1. The van der Waals surface area contributed by atoms with Gasteiger partial charge in [0, 0.05) is 11.6 Å². The van der Waals surface area contributed by atoms with Crippen molar-refractivity contribution in [2.75, 3.05) is 11.5 Å². The number of benzene rings is 1. The third-order valence-electron chi connectivity index (χ3n) is 7.36. The van der Waals surface area contributed by atoms with Gasteiger partial charge in [-0.05, 0) is 70.1 Å². The van der Waals surface area contributed by atoms with E-state index in [9.17, 15) is 21.6 Å². The standard InChI is InChI=1S/C27H37Cl2N3O5S3/c1-16-19(15-20(28)24(22(16)29)40(36,37)32-27(2,3)4)23-21(14-17-8-6-5-7-9-17)31-26(38-23)25(33)30-18-10-12-39(34,35)13-11-18/h15,17-18,32H,5-14H2,1-4H3,(H,30,33). The number of rotatable bonds is 7. The van der Waals surface area contributed by atoms with Gasteiger partial charge in [-0.25, -0.2) is 26.5 Å². The summed E-state index contributed by atoms with van der Waals surface area (Å²) in [6, 6.07) is 1.38. The Balaban J connectivity index is 1.72. The molecule has 2 fully saturated rings. The lowest BCUT2D eigenvalue weighted by molar-refractivity contribution is 0.0933. The highest BCUT2D eigenvalue weighted by Crippen LogP contribution is 2.43. The summed E-state index contributed by atoms with van der Waals surface area (Å²) in [7, 11) is -7.04. The minimum Gasteiger partial charge on any atom is -0.347 e. The van der Waals surface area contributed by atoms with Crippen LogP contribution in [0, 0.1) is 12.8 Å². The second-order valence-corrected chi connectivity index (χ2v) is 17.6. The maximum atomic E-state index is 13.2. The molecule has 2 aliphatic rings. The summed E-state index contributed by atoms with van der Waals surface area (Å²) in [5, 5.41) is 3.27. The van der Waals surface area contributed by atoms with E-state index in [-0.39, 0.29) is 43.4 Å². The van der Waals surface area contributed by atoms with Gasteiger partial charge in [-0.2, -0.15) is 0 Å². The van der Waals surface area contributed by atoms with Gasteiger partial charge in [-0.1, -0.05) is 55.3 Å². The molecule has 0 atom stereocenters. The number of hydrogen-bond donors (Lipinski definition) is 2. The van der Waals surface area contributed by atoms with Crippen LogP contribution < -0.4 is 10.0 Å². The fourth-order valence-corrected chi connectivity index (χ4v) is 10.6. The van der Waals surface area contributed by atoms with E-state index >= 15 is 0 Å². The Bertz CT molecular complexity index is 1480. The summed E-state index contributed by atoms with van der Waals surface area (Å²) in [4.78, 5) is 18.6. The highest BCUT2D eigenvalue weighted by Gasteiger charge is 2.31. The van der Waals surface area contributed by atoms with Gasteiger partial charge < -0.3 is 5.32 Å². The molecule has 40 heavy (non-hydrogen) atoms. The molecule has 1 saturated heterocycles. The number of sulfonamides is 1. The summed E-state index contributed by atoms with van der Waals surface area (Å²) in [5.74, 6) is 0.220. The zero-order valence-corrected chi connectivity index (χ0v) is 27.2. The van der Waals surface area contributed by atoms with Crippen molar-refractivity contribution in [1.29, 1.82) is 0 Å². The van der Waals surface area contributed by atoms with Crippen molar-refractivity contribution < 1.29 is 21.6 Å². The number of sulfone groups is 1. The molecule has 222 valence electrons. The van der Waals surface area contributed by atoms with Crippen LogP contribution in [0.5, 0.6) is 0 Å². The molecule has 0 spiro atoms. The molecule has 2 heterocycles. The van der Waals surface area contributed by atoms with E-state index < -0.39 is 25.4 Å². The predicted molar refractivity (Wildman–Crippen MR) is 162 cm³/mol. The largest absolute Gasteiger partial charge is 0.347 e. The van der Waals surface area contributed by atoms with Crippen LogP contribution in [0.15, 0.2) is 11.0 Å². The molecule has 1 saturated carbocycles. The van der Waals surface area contributed by atoms with Crippen LogP contribution in [0.4, 0.5) is 0 Å². The topological polar surface area (TPSA) is 122 Å². The van der Waals surface area contributed by atoms with Crippen LogP contribution in [-0.2, 0) is 26.3 Å². The number of carbonyl (C=O) groups is 1. The van der Waals surface area contributed by atoms with Crippen LogP contribution in [0.2, 0.25) is 10.0 Å². The van der Waals surface area contributed by atoms with Crippen LogP contribution in [0.1, 0.15) is 86.8 Å². The van der Waals surface area contributed by atoms with Gasteiger partial charge in [0.15, 0.2) is 5.01 Å². The van der Waals surface area contributed by atoms with Crippen LogP contribution in [-0.4, -0.2) is 50.8 Å². The van der Waals surface area contributed by atoms with E-state index in [2.05, 4.69) is 10.0 Å². The summed E-state index contributed by atoms with van der Waals surface area (Å²) in [5.41, 5.74) is 1.23. The van der Waals surface area contributed by atoms with Gasteiger partial charge in [-0.3, -0.25) is 4.79 Å². The van der Waals surface area contributed by atoms with E-state index in [4.69, 9.17) is 28.2 Å². The van der Waals surface area contributed by atoms with E-state index in [0.29, 0.717) is 36.3 Å². The van der Waals surface area contributed by atoms with Crippen molar-refractivity contribution in [1.82, 2.24) is 15.0 Å². The van der Waals surface area contributed by atoms with Crippen LogP contribution in [0.3, 0.4) is 0 Å². The molecule has 1 aliphatic heterocycles. The number of amides is 1. The summed E-state index contributed by atoms with van der Waals surface area (Å²) < 4.78 is 52.5. The number of hydrogen-bond acceptors (Lipinski definition) is 7. The molecule has 8 nitrogen and oxygen atoms in total. The number of nitrogens with zero attached hydrogens (tertiary/aromatic N) is 1. The fraction of sp³-hybridized carbons (Fsp3) is 0.630. The molecule has 0 unspecified atom stereocenters. The average molecular weight is 651 g/mol. The highest BCUT2D eigenvalue weighted by atomic mass is 35.5. The number of thiazole rings is 1. The minimum absolute atomic E-state index is 0.00576. The molecule has 1 aromatic carbocycles. The molecule has 1 amide bonds. The Morgan fingerprint density at radius 1 is 1.10 bits per heavy atom. The van der Waals surface area contributed by atoms with E-state index in [1.165, 1.54) is 17.8 Å². The Morgan fingerprint density at radius 3 is 2.33 bits per heavy atom. The molecular formula is C27H37Cl2N3O5S3. The van der Waals surface area contributed by atoms with Gasteiger partial charge in [0.2, 0.25) is 10.0 Å². The first-order chi connectivity index (χ1) is 18.6. The Kier molecular flexibility index (Phi) is 9.64. The Morgan fingerprint density at radius 2 is 1.73 bits per heavy atom. The van der Waals surface area contributed by atoms with Gasteiger partial charge in [0.1, 0.15) is 14.7 Å². The first-order valence-electron chi connectivity index (χ1n) is 13.6. The van der Waals surface area contributed by atoms with Gasteiger partial charge in [0.05, 0.1) is 32.1 Å². The van der Waals surface area contributed by atoms with E-state index in [0.717, 1.165) is 36.3 Å². The molecule has 1 aliphatic carbocycles. The van der Waals surface area contributed by atoms with Crippen molar-refractivity contribution in [2.45, 2.75) is 95.5 Å². The van der Waals surface area contributed by atoms with Gasteiger partial charge >= 0.3 is 0 Å². The van der Waals surface area contributed by atoms with E-state index in [1.807, 2.05) is 0 Å². The zero-order chi connectivity index (χ0) is 29.5. The van der Waals surface area contributed by atoms with Crippen molar-refractivity contribution in [3.63, 3.8) is 0 Å². The molecule has 13 heteroatoms. The molecular weight excluding hydrogens is 613 g/mol. The van der Waals surface area contributed by atoms with Gasteiger partial charge in [-0.15, -0.1) is 11.3 Å². The molecule has 2 aromatic rings. The normalized spacial score (nSPS) is 19.1. The van der Waals surface area contributed by atoms with Crippen molar-refractivity contribution in [3.05, 3.63) is 32.4 Å². The smallest absolute Gasteiger partial charge is 0.280 e. The third-order valence-corrected chi connectivity index (χ3v) is 13.0. The average Bonchev–Trinajstić information content (AvgIpc) is 3.25. The lowest BCUT2D eigenvalue weighted by Crippen LogP contribution is -2.40. The summed E-state index contributed by atoms with van der Waals surface area (Å²) >= 11 is 14.5. The predicted octanol–water partition coefficient (Wildman–Crippen LogP) is 5.93. The third kappa shape index (κ3) is 7.58. The van der Waals surface area contributed by atoms with Crippen LogP contribution in [0.25, 0.3) is 10.4 Å². The minimum atomic E-state index is -4.00. The Hall–Kier alpha value is -1.24. The monoisotopic (exact) mass is 649 g/mol. The molecule has 2 N–H and O–H groups in total. The molecule has 1 aromatic heterocycles. The number of nitrogens with one attached hydrogen (secondary N) is 2. The van der Waals surface area contributed by atoms with Gasteiger partial charge in [0.25, 0.3) is 5.91 Å². The number of aromatic nitrogens is 1. The van der Waals surface area contributed by atoms with Crippen LogP contribution >= 0.6 is 34.5 Å². The maximum Gasteiger partial charge on any atom is 0.280 e. The summed E-state index contributed by atoms with van der Waals surface area (Å²) in [6.45, 7) is 6.96. The second-order valence-electron chi connectivity index (χ2n) is 11.9. The quantitative estimate of drug-likeness (QED) is 0.383. The molecule has 4 rings (SSSR count). The van der Waals surface area contributed by atoms with E-state index in [1.54, 1.807) is 33.8 Å². The first kappa shape index (κ1) is 31.7. The SMILES string of the molecule is Cc1c(-c2sc(C(=O)NC3CCS(=O)(=O)CC3)nc2CC2CCCCC2)cc(Cl)c(S(=O)(=O)NC(C)(C)C)c1Cl. The second kappa shape index (κ2) is 12.2. The molecule has 0 bridgehead atoms. The van der Waals surface area contributed by atoms with Crippen molar-refractivity contribution >= 4 is 60.3 Å². The first-order valence-corrected chi connectivity index (χ1v) is 18.5.